The van der Waals surface area contributed by atoms with E-state index in [1.807, 2.05) is 24.3 Å². The second-order valence-electron chi connectivity index (χ2n) is 6.13. The molecular formula is C18H18ClN7O2. The maximum atomic E-state index is 5.61. The van der Waals surface area contributed by atoms with Crippen LogP contribution in [-0.4, -0.2) is 51.5 Å². The van der Waals surface area contributed by atoms with Gasteiger partial charge in [-0.1, -0.05) is 0 Å². The lowest BCUT2D eigenvalue weighted by Crippen LogP contribution is -2.37. The molecule has 2 N–H and O–H groups in total. The van der Waals surface area contributed by atoms with E-state index in [2.05, 4.69) is 35.4 Å². The number of ether oxygens (including phenoxy) is 1. The molecule has 144 valence electrons. The Morgan fingerprint density at radius 3 is 2.71 bits per heavy atom. The van der Waals surface area contributed by atoms with Crippen molar-refractivity contribution in [1.82, 2.24) is 25.1 Å². The number of aromatic amines is 1. The van der Waals surface area contributed by atoms with Gasteiger partial charge in [-0.2, -0.15) is 10.1 Å². The van der Waals surface area contributed by atoms with Crippen molar-refractivity contribution >= 4 is 41.1 Å². The number of anilines is 3. The fourth-order valence-corrected chi connectivity index (χ4v) is 3.07. The number of hydrogen-bond donors (Lipinski definition) is 2. The van der Waals surface area contributed by atoms with Crippen LogP contribution in [0.15, 0.2) is 47.3 Å². The van der Waals surface area contributed by atoms with Gasteiger partial charge in [-0.15, -0.1) is 12.4 Å². The summed E-state index contributed by atoms with van der Waals surface area (Å²) in [5.74, 6) is 1.96. The van der Waals surface area contributed by atoms with Gasteiger partial charge < -0.3 is 19.4 Å². The van der Waals surface area contributed by atoms with Crippen LogP contribution in [0.25, 0.3) is 22.4 Å². The summed E-state index contributed by atoms with van der Waals surface area (Å²) in [5, 5.41) is 10.5. The highest BCUT2D eigenvalue weighted by atomic mass is 35.5. The standard InChI is InChI=1S/C18H17N7O2.ClH/c1-4-19-5-2-12(1)14-11-15(24-23-14)21-18-20-13-3-8-27-16(13)17(22-18)25-6-9-26-10-7-25;/h1-5,8,11H,6-7,9-10H2,(H2,20,21,22,23,24);1H. The number of nitrogens with one attached hydrogen (secondary N) is 2. The van der Waals surface area contributed by atoms with Crippen molar-refractivity contribution in [2.75, 3.05) is 36.5 Å². The molecule has 0 aromatic carbocycles. The minimum Gasteiger partial charge on any atom is -0.459 e. The summed E-state index contributed by atoms with van der Waals surface area (Å²) in [7, 11) is 0. The van der Waals surface area contributed by atoms with E-state index >= 15 is 0 Å². The van der Waals surface area contributed by atoms with Gasteiger partial charge in [-0.05, 0) is 12.1 Å². The van der Waals surface area contributed by atoms with Crippen LogP contribution < -0.4 is 10.2 Å². The highest BCUT2D eigenvalue weighted by molar-refractivity contribution is 5.86. The summed E-state index contributed by atoms with van der Waals surface area (Å²) in [6.45, 7) is 2.88. The fraction of sp³-hybridized carbons (Fsp3) is 0.222. The number of aromatic nitrogens is 5. The Hall–Kier alpha value is -3.17. The maximum absolute atomic E-state index is 5.61. The Labute approximate surface area is 166 Å². The van der Waals surface area contributed by atoms with Crippen molar-refractivity contribution in [2.24, 2.45) is 0 Å². The van der Waals surface area contributed by atoms with Gasteiger partial charge in [-0.3, -0.25) is 10.1 Å². The largest absolute Gasteiger partial charge is 0.459 e. The first-order chi connectivity index (χ1) is 13.4. The number of furan rings is 1. The second-order valence-corrected chi connectivity index (χ2v) is 6.13. The smallest absolute Gasteiger partial charge is 0.231 e. The molecular weight excluding hydrogens is 382 g/mol. The molecule has 0 aliphatic carbocycles. The van der Waals surface area contributed by atoms with Crippen molar-refractivity contribution in [1.29, 1.82) is 0 Å². The first kappa shape index (κ1) is 18.2. The zero-order valence-corrected chi connectivity index (χ0v) is 15.6. The summed E-state index contributed by atoms with van der Waals surface area (Å²) in [6.07, 6.45) is 5.11. The van der Waals surface area contributed by atoms with E-state index in [0.29, 0.717) is 30.6 Å². The molecule has 1 saturated heterocycles. The Bertz CT molecular complexity index is 1060. The molecule has 1 aliphatic rings. The third-order valence-corrected chi connectivity index (χ3v) is 4.40. The van der Waals surface area contributed by atoms with Crippen molar-refractivity contribution in [3.63, 3.8) is 0 Å². The van der Waals surface area contributed by atoms with Crippen LogP contribution in [0.4, 0.5) is 17.6 Å². The molecule has 5 rings (SSSR count). The average molecular weight is 400 g/mol. The van der Waals surface area contributed by atoms with Crippen LogP contribution >= 0.6 is 12.4 Å². The van der Waals surface area contributed by atoms with Crippen LogP contribution in [-0.2, 0) is 4.74 Å². The van der Waals surface area contributed by atoms with E-state index < -0.39 is 0 Å². The third kappa shape index (κ3) is 3.49. The third-order valence-electron chi connectivity index (χ3n) is 4.40. The van der Waals surface area contributed by atoms with Crippen molar-refractivity contribution in [3.05, 3.63) is 42.9 Å². The number of hydrogen-bond acceptors (Lipinski definition) is 8. The van der Waals surface area contributed by atoms with Gasteiger partial charge in [0.1, 0.15) is 11.3 Å². The molecule has 1 fully saturated rings. The lowest BCUT2D eigenvalue weighted by atomic mass is 10.2. The first-order valence-corrected chi connectivity index (χ1v) is 8.67. The van der Waals surface area contributed by atoms with Gasteiger partial charge in [0.05, 0.1) is 25.2 Å². The molecule has 0 spiro atoms. The number of morpholine rings is 1. The Morgan fingerprint density at radius 1 is 1.07 bits per heavy atom. The highest BCUT2D eigenvalue weighted by Crippen LogP contribution is 2.28. The number of nitrogens with zero attached hydrogens (tertiary/aromatic N) is 5. The predicted octanol–water partition coefficient (Wildman–Crippen LogP) is 3.01. The number of rotatable bonds is 4. The van der Waals surface area contributed by atoms with Crippen LogP contribution in [0, 0.1) is 0 Å². The molecule has 0 amide bonds. The van der Waals surface area contributed by atoms with Gasteiger partial charge in [0.2, 0.25) is 5.95 Å². The van der Waals surface area contributed by atoms with E-state index in [9.17, 15) is 0 Å². The lowest BCUT2D eigenvalue weighted by Gasteiger charge is -2.27. The van der Waals surface area contributed by atoms with Gasteiger partial charge >= 0.3 is 0 Å². The molecule has 0 atom stereocenters. The monoisotopic (exact) mass is 399 g/mol. The van der Waals surface area contributed by atoms with Crippen LogP contribution in [0.3, 0.4) is 0 Å². The van der Waals surface area contributed by atoms with E-state index in [0.717, 1.165) is 35.7 Å². The summed E-state index contributed by atoms with van der Waals surface area (Å²) in [5.41, 5.74) is 3.24. The van der Waals surface area contributed by atoms with Gasteiger partial charge in [0.25, 0.3) is 0 Å². The normalized spacial score (nSPS) is 14.1. The molecule has 0 radical (unpaired) electrons. The number of halogens is 1. The fourth-order valence-electron chi connectivity index (χ4n) is 3.07. The van der Waals surface area contributed by atoms with Crippen molar-refractivity contribution < 1.29 is 9.15 Å². The molecule has 0 bridgehead atoms. The summed E-state index contributed by atoms with van der Waals surface area (Å²) in [4.78, 5) is 15.4. The Balaban J connectivity index is 0.00000192. The van der Waals surface area contributed by atoms with E-state index in [-0.39, 0.29) is 12.4 Å². The Morgan fingerprint density at radius 2 is 1.89 bits per heavy atom. The quantitative estimate of drug-likeness (QED) is 0.539. The molecule has 0 saturated carbocycles. The molecule has 28 heavy (non-hydrogen) atoms. The van der Waals surface area contributed by atoms with E-state index in [1.165, 1.54) is 0 Å². The van der Waals surface area contributed by atoms with Gasteiger partial charge in [0.15, 0.2) is 11.4 Å². The van der Waals surface area contributed by atoms with Crippen molar-refractivity contribution in [3.8, 4) is 11.3 Å². The molecule has 5 heterocycles. The maximum Gasteiger partial charge on any atom is 0.231 e. The average Bonchev–Trinajstić information content (AvgIpc) is 3.38. The highest BCUT2D eigenvalue weighted by Gasteiger charge is 2.19. The van der Waals surface area contributed by atoms with E-state index in [1.54, 1.807) is 18.7 Å². The first-order valence-electron chi connectivity index (χ1n) is 8.67. The van der Waals surface area contributed by atoms with Crippen LogP contribution in [0.1, 0.15) is 0 Å². The van der Waals surface area contributed by atoms with Gasteiger partial charge in [0, 0.05) is 43.2 Å². The Kier molecular flexibility index (Phi) is 5.09. The second kappa shape index (κ2) is 7.83. The van der Waals surface area contributed by atoms with Crippen molar-refractivity contribution in [2.45, 2.75) is 0 Å². The number of pyridine rings is 1. The van der Waals surface area contributed by atoms with Gasteiger partial charge in [-0.25, -0.2) is 4.98 Å². The molecule has 10 heteroatoms. The van der Waals surface area contributed by atoms with Crippen LogP contribution in [0.5, 0.6) is 0 Å². The molecule has 1 aliphatic heterocycles. The lowest BCUT2D eigenvalue weighted by molar-refractivity contribution is 0.122. The van der Waals surface area contributed by atoms with E-state index in [4.69, 9.17) is 9.15 Å². The van der Waals surface area contributed by atoms with Crippen LogP contribution in [0.2, 0.25) is 0 Å². The zero-order valence-electron chi connectivity index (χ0n) is 14.8. The minimum absolute atomic E-state index is 0. The molecule has 0 unspecified atom stereocenters. The molecule has 4 aromatic heterocycles. The molecule has 9 nitrogen and oxygen atoms in total. The molecule has 4 aromatic rings. The predicted molar refractivity (Wildman–Crippen MR) is 107 cm³/mol. The number of H-pyrrole nitrogens is 1. The SMILES string of the molecule is Cl.c1cc(-c2cc(Nc3nc(N4CCOCC4)c4occc4n3)[nH]n2)ccn1. The summed E-state index contributed by atoms with van der Waals surface area (Å²) >= 11 is 0. The topological polar surface area (TPSA) is 105 Å². The summed E-state index contributed by atoms with van der Waals surface area (Å²) < 4.78 is 11.0. The minimum atomic E-state index is 0. The number of fused-ring (bicyclic) bond motifs is 1. The summed E-state index contributed by atoms with van der Waals surface area (Å²) in [6, 6.07) is 7.56. The zero-order chi connectivity index (χ0) is 18.1.